The highest BCUT2D eigenvalue weighted by molar-refractivity contribution is 6.02. The highest BCUT2D eigenvalue weighted by atomic mass is 16.5. The van der Waals surface area contributed by atoms with Gasteiger partial charge in [0.1, 0.15) is 0 Å². The number of nitrogen functional groups attached to an aromatic ring is 1. The van der Waals surface area contributed by atoms with Crippen LogP contribution in [0, 0.1) is 0 Å². The monoisotopic (exact) mass is 447 g/mol. The lowest BCUT2D eigenvalue weighted by Gasteiger charge is -2.31. The summed E-state index contributed by atoms with van der Waals surface area (Å²) < 4.78 is 7.95. The van der Waals surface area contributed by atoms with E-state index in [1.807, 2.05) is 38.1 Å². The summed E-state index contributed by atoms with van der Waals surface area (Å²) in [7, 11) is 0. The van der Waals surface area contributed by atoms with Crippen LogP contribution in [0.15, 0.2) is 42.5 Å². The molecule has 5 rings (SSSR count). The van der Waals surface area contributed by atoms with Crippen LogP contribution < -0.4 is 21.3 Å². The first-order chi connectivity index (χ1) is 16.0. The molecule has 0 spiro atoms. The van der Waals surface area contributed by atoms with Crippen LogP contribution in [0.25, 0.3) is 22.2 Å². The Morgan fingerprint density at radius 2 is 1.82 bits per heavy atom. The van der Waals surface area contributed by atoms with Crippen molar-refractivity contribution in [2.75, 3.05) is 42.3 Å². The Balaban J connectivity index is 1.51. The Morgan fingerprint density at radius 1 is 1.09 bits per heavy atom. The van der Waals surface area contributed by atoms with Crippen LogP contribution in [-0.2, 0) is 4.74 Å². The van der Waals surface area contributed by atoms with Crippen LogP contribution in [0.2, 0.25) is 0 Å². The van der Waals surface area contributed by atoms with Gasteiger partial charge in [0.15, 0.2) is 0 Å². The summed E-state index contributed by atoms with van der Waals surface area (Å²) in [4.78, 5) is 14.4. The largest absolute Gasteiger partial charge is 0.396 e. The number of fused-ring (bicyclic) bond motifs is 1. The molecule has 174 valence electrons. The Morgan fingerprint density at radius 3 is 2.45 bits per heavy atom. The first-order valence-corrected chi connectivity index (χ1v) is 12.0. The Bertz CT molecular complexity index is 1140. The van der Waals surface area contributed by atoms with Gasteiger partial charge in [0.25, 0.3) is 0 Å². The van der Waals surface area contributed by atoms with Crippen LogP contribution in [0.5, 0.6) is 0 Å². The first kappa shape index (κ1) is 21.6. The molecule has 1 saturated heterocycles. The molecule has 0 atom stereocenters. The summed E-state index contributed by atoms with van der Waals surface area (Å²) in [6, 6.07) is 15.0. The van der Waals surface area contributed by atoms with Gasteiger partial charge in [0.05, 0.1) is 30.1 Å². The number of rotatable bonds is 5. The number of nitrogens with one attached hydrogen (secondary N) is 2. The zero-order valence-electron chi connectivity index (χ0n) is 19.4. The summed E-state index contributed by atoms with van der Waals surface area (Å²) in [6.07, 6.45) is 3.61. The van der Waals surface area contributed by atoms with Crippen molar-refractivity contribution in [2.45, 2.75) is 45.2 Å². The van der Waals surface area contributed by atoms with Crippen molar-refractivity contribution in [3.8, 4) is 11.3 Å². The minimum Gasteiger partial charge on any atom is -0.396 e. The molecule has 2 aromatic carbocycles. The van der Waals surface area contributed by atoms with Crippen LogP contribution in [0.4, 0.5) is 21.9 Å². The quantitative estimate of drug-likeness (QED) is 0.515. The van der Waals surface area contributed by atoms with Gasteiger partial charge in [-0.2, -0.15) is 0 Å². The van der Waals surface area contributed by atoms with E-state index in [1.54, 1.807) is 0 Å². The lowest BCUT2D eigenvalue weighted by Crippen LogP contribution is -2.36. The number of ether oxygens (including phenoxy) is 1. The third-order valence-electron chi connectivity index (χ3n) is 6.68. The topological polar surface area (TPSA) is 84.6 Å². The average Bonchev–Trinajstić information content (AvgIpc) is 3.05. The predicted octanol–water partition coefficient (Wildman–Crippen LogP) is 4.98. The number of benzene rings is 2. The number of amides is 2. The summed E-state index contributed by atoms with van der Waals surface area (Å²) >= 11 is 0. The lowest BCUT2D eigenvalue weighted by atomic mass is 9.92. The molecule has 2 heterocycles. The maximum atomic E-state index is 12.0. The fourth-order valence-electron chi connectivity index (χ4n) is 4.81. The minimum atomic E-state index is -0.198. The molecule has 1 saturated carbocycles. The fraction of sp³-hybridized carbons (Fsp3) is 0.423. The zero-order valence-corrected chi connectivity index (χ0v) is 19.4. The average molecular weight is 448 g/mol. The number of nitrogens with zero attached hydrogens (tertiary/aromatic N) is 2. The smallest absolute Gasteiger partial charge is 0.319 e. The standard InChI is InChI=1S/C26H33N5O2/c1-17(2)28-26(32)29-19-8-6-18(7-9-19)25-24(27)22-16-21(30-12-14-33-15-13-30)10-11-23(22)31(25)20-4-3-5-20/h6-11,16-17,20H,3-5,12-15,27H2,1-2H3,(H2,28,29,32). The Labute approximate surface area is 194 Å². The van der Waals surface area contributed by atoms with Crippen LogP contribution in [-0.4, -0.2) is 42.9 Å². The van der Waals surface area contributed by atoms with E-state index in [0.29, 0.717) is 6.04 Å². The first-order valence-electron chi connectivity index (χ1n) is 12.0. The van der Waals surface area contributed by atoms with Gasteiger partial charge in [-0.3, -0.25) is 0 Å². The van der Waals surface area contributed by atoms with E-state index in [2.05, 4.69) is 38.3 Å². The van der Waals surface area contributed by atoms with E-state index in [4.69, 9.17) is 10.5 Å². The van der Waals surface area contributed by atoms with Crippen LogP contribution in [0.1, 0.15) is 39.2 Å². The van der Waals surface area contributed by atoms with Gasteiger partial charge in [-0.25, -0.2) is 4.79 Å². The summed E-state index contributed by atoms with van der Waals surface area (Å²) in [5, 5.41) is 6.85. The molecular weight excluding hydrogens is 414 g/mol. The van der Waals surface area contributed by atoms with Crippen molar-refractivity contribution in [3.63, 3.8) is 0 Å². The van der Waals surface area contributed by atoms with Crippen molar-refractivity contribution in [1.82, 2.24) is 9.88 Å². The molecule has 7 heteroatoms. The van der Waals surface area contributed by atoms with Gasteiger partial charge in [-0.15, -0.1) is 0 Å². The second kappa shape index (κ2) is 8.98. The highest BCUT2D eigenvalue weighted by Crippen LogP contribution is 2.45. The van der Waals surface area contributed by atoms with E-state index >= 15 is 0 Å². The molecule has 2 aliphatic rings. The molecule has 1 aromatic heterocycles. The Hall–Kier alpha value is -3.19. The maximum absolute atomic E-state index is 12.0. The van der Waals surface area contributed by atoms with Crippen molar-refractivity contribution >= 4 is 34.0 Å². The van der Waals surface area contributed by atoms with Crippen LogP contribution >= 0.6 is 0 Å². The molecule has 33 heavy (non-hydrogen) atoms. The van der Waals surface area contributed by atoms with Gasteiger partial charge < -0.3 is 30.6 Å². The van der Waals surface area contributed by atoms with Crippen molar-refractivity contribution in [1.29, 1.82) is 0 Å². The molecule has 0 bridgehead atoms. The number of nitrogens with two attached hydrogens (primary N) is 1. The molecule has 2 amide bonds. The van der Waals surface area contributed by atoms with Gasteiger partial charge in [-0.1, -0.05) is 12.1 Å². The molecule has 4 N–H and O–H groups in total. The van der Waals surface area contributed by atoms with Gasteiger partial charge in [-0.05, 0) is 63.4 Å². The summed E-state index contributed by atoms with van der Waals surface area (Å²) in [5.41, 5.74) is 12.9. The van der Waals surface area contributed by atoms with Crippen molar-refractivity contribution < 1.29 is 9.53 Å². The normalized spacial score (nSPS) is 16.8. The van der Waals surface area contributed by atoms with E-state index in [0.717, 1.165) is 54.3 Å². The van der Waals surface area contributed by atoms with E-state index in [-0.39, 0.29) is 12.1 Å². The molecule has 0 radical (unpaired) electrons. The van der Waals surface area contributed by atoms with Gasteiger partial charge in [0.2, 0.25) is 0 Å². The highest BCUT2D eigenvalue weighted by Gasteiger charge is 2.27. The Kier molecular flexibility index (Phi) is 5.89. The van der Waals surface area contributed by atoms with Gasteiger partial charge in [0, 0.05) is 47.5 Å². The number of urea groups is 1. The second-order valence-electron chi connectivity index (χ2n) is 9.35. The molecule has 2 fully saturated rings. The third kappa shape index (κ3) is 4.25. The zero-order chi connectivity index (χ0) is 22.9. The number of hydrogen-bond acceptors (Lipinski definition) is 4. The number of carbonyl (C=O) groups excluding carboxylic acids is 1. The second-order valence-corrected chi connectivity index (χ2v) is 9.35. The number of carbonyl (C=O) groups is 1. The van der Waals surface area contributed by atoms with Crippen molar-refractivity contribution in [2.24, 2.45) is 0 Å². The summed E-state index contributed by atoms with van der Waals surface area (Å²) in [5.74, 6) is 0. The molecule has 7 nitrogen and oxygen atoms in total. The number of morpholine rings is 1. The predicted molar refractivity (Wildman–Crippen MR) is 135 cm³/mol. The lowest BCUT2D eigenvalue weighted by molar-refractivity contribution is 0.122. The molecule has 0 unspecified atom stereocenters. The third-order valence-corrected chi connectivity index (χ3v) is 6.68. The molecule has 3 aromatic rings. The summed E-state index contributed by atoms with van der Waals surface area (Å²) in [6.45, 7) is 7.21. The van der Waals surface area contributed by atoms with Gasteiger partial charge >= 0.3 is 6.03 Å². The molecular formula is C26H33N5O2. The SMILES string of the molecule is CC(C)NC(=O)Nc1ccc(-c2c(N)c3cc(N4CCOCC4)ccc3n2C2CCC2)cc1. The number of anilines is 3. The fourth-order valence-corrected chi connectivity index (χ4v) is 4.81. The molecule has 1 aliphatic carbocycles. The molecule has 1 aliphatic heterocycles. The van der Waals surface area contributed by atoms with E-state index in [9.17, 15) is 4.79 Å². The van der Waals surface area contributed by atoms with Crippen molar-refractivity contribution in [3.05, 3.63) is 42.5 Å². The number of hydrogen-bond donors (Lipinski definition) is 3. The van der Waals surface area contributed by atoms with Crippen LogP contribution in [0.3, 0.4) is 0 Å². The van der Waals surface area contributed by atoms with E-state index in [1.165, 1.54) is 30.5 Å². The number of aromatic nitrogens is 1. The van der Waals surface area contributed by atoms with E-state index < -0.39 is 0 Å². The maximum Gasteiger partial charge on any atom is 0.319 e. The minimum absolute atomic E-state index is 0.0876.